The van der Waals surface area contributed by atoms with Gasteiger partial charge in [-0.2, -0.15) is 0 Å². The summed E-state index contributed by atoms with van der Waals surface area (Å²) in [4.78, 5) is 46.0. The van der Waals surface area contributed by atoms with Crippen molar-refractivity contribution in [3.8, 4) is 0 Å². The van der Waals surface area contributed by atoms with Gasteiger partial charge in [0.15, 0.2) is 0 Å². The van der Waals surface area contributed by atoms with Crippen LogP contribution in [0.3, 0.4) is 0 Å². The van der Waals surface area contributed by atoms with E-state index in [-0.39, 0.29) is 25.2 Å². The third-order valence-corrected chi connectivity index (χ3v) is 4.16. The van der Waals surface area contributed by atoms with E-state index in [2.05, 4.69) is 10.6 Å². The first kappa shape index (κ1) is 23.1. The van der Waals surface area contributed by atoms with Gasteiger partial charge in [-0.15, -0.1) is 0 Å². The lowest BCUT2D eigenvalue weighted by atomic mass is 10.1. The zero-order valence-corrected chi connectivity index (χ0v) is 16.0. The number of carbonyl (C=O) groups excluding carboxylic acids is 3. The van der Waals surface area contributed by atoms with Gasteiger partial charge >= 0.3 is 5.97 Å². The summed E-state index contributed by atoms with van der Waals surface area (Å²) >= 11 is 0. The number of amides is 3. The monoisotopic (exact) mass is 391 g/mol. The fourth-order valence-electron chi connectivity index (χ4n) is 2.69. The Kier molecular flexibility index (Phi) is 11.0. The molecule has 0 spiro atoms. The van der Waals surface area contributed by atoms with Crippen LogP contribution >= 0.6 is 0 Å². The number of primary amides is 1. The zero-order chi connectivity index (χ0) is 20.8. The van der Waals surface area contributed by atoms with Crippen LogP contribution in [0.15, 0.2) is 30.3 Å². The number of nitrogens with one attached hydrogen (secondary N) is 2. The van der Waals surface area contributed by atoms with E-state index in [1.165, 1.54) is 0 Å². The van der Waals surface area contributed by atoms with Gasteiger partial charge < -0.3 is 21.5 Å². The largest absolute Gasteiger partial charge is 0.481 e. The molecular weight excluding hydrogens is 362 g/mol. The van der Waals surface area contributed by atoms with Crippen molar-refractivity contribution < 1.29 is 24.3 Å². The van der Waals surface area contributed by atoms with Crippen molar-refractivity contribution in [3.63, 3.8) is 0 Å². The maximum absolute atomic E-state index is 12.3. The minimum absolute atomic E-state index is 0.121. The molecule has 1 aromatic rings. The number of unbranched alkanes of at least 4 members (excludes halogenated alkanes) is 3. The van der Waals surface area contributed by atoms with Crippen LogP contribution in [0.5, 0.6) is 0 Å². The van der Waals surface area contributed by atoms with Crippen LogP contribution < -0.4 is 16.4 Å². The van der Waals surface area contributed by atoms with E-state index < -0.39 is 23.8 Å². The van der Waals surface area contributed by atoms with E-state index in [1.807, 2.05) is 30.3 Å². The van der Waals surface area contributed by atoms with Crippen molar-refractivity contribution in [1.29, 1.82) is 0 Å². The fourth-order valence-corrected chi connectivity index (χ4v) is 2.69. The minimum Gasteiger partial charge on any atom is -0.481 e. The molecule has 0 aromatic heterocycles. The number of benzene rings is 1. The highest BCUT2D eigenvalue weighted by Crippen LogP contribution is 2.06. The van der Waals surface area contributed by atoms with Crippen LogP contribution in [0.2, 0.25) is 0 Å². The van der Waals surface area contributed by atoms with Gasteiger partial charge in [0.2, 0.25) is 17.7 Å². The molecule has 3 amide bonds. The summed E-state index contributed by atoms with van der Waals surface area (Å²) in [5, 5.41) is 13.8. The highest BCUT2D eigenvalue weighted by Gasteiger charge is 2.22. The number of hydrogen-bond donors (Lipinski definition) is 4. The SMILES string of the molecule is NC(=O)C[C@@H](NC(=O)CCCCCCC(=O)O)C(=O)NCCc1ccccc1. The average molecular weight is 391 g/mol. The predicted molar refractivity (Wildman–Crippen MR) is 104 cm³/mol. The van der Waals surface area contributed by atoms with E-state index in [0.717, 1.165) is 18.4 Å². The molecule has 8 nitrogen and oxygen atoms in total. The average Bonchev–Trinajstić information content (AvgIpc) is 2.64. The first-order chi connectivity index (χ1) is 13.4. The summed E-state index contributed by atoms with van der Waals surface area (Å²) in [6.45, 7) is 0.386. The minimum atomic E-state index is -0.993. The summed E-state index contributed by atoms with van der Waals surface area (Å²) in [6, 6.07) is 8.64. The molecule has 0 unspecified atom stereocenters. The molecule has 0 bridgehead atoms. The molecule has 0 heterocycles. The molecule has 1 atom stereocenters. The summed E-state index contributed by atoms with van der Waals surface area (Å²) in [7, 11) is 0. The molecule has 1 aromatic carbocycles. The second-order valence-corrected chi connectivity index (χ2v) is 6.63. The number of aliphatic carboxylic acids is 1. The van der Waals surface area contributed by atoms with E-state index in [4.69, 9.17) is 10.8 Å². The van der Waals surface area contributed by atoms with Gasteiger partial charge in [0.05, 0.1) is 6.42 Å². The lowest BCUT2D eigenvalue weighted by Crippen LogP contribution is -2.48. The smallest absolute Gasteiger partial charge is 0.303 e. The van der Waals surface area contributed by atoms with E-state index in [0.29, 0.717) is 25.8 Å². The van der Waals surface area contributed by atoms with Gasteiger partial charge in [-0.3, -0.25) is 19.2 Å². The third kappa shape index (κ3) is 10.9. The van der Waals surface area contributed by atoms with E-state index >= 15 is 0 Å². The van der Waals surface area contributed by atoms with Crippen LogP contribution in [0.1, 0.15) is 50.5 Å². The molecule has 28 heavy (non-hydrogen) atoms. The van der Waals surface area contributed by atoms with Gasteiger partial charge in [-0.1, -0.05) is 43.2 Å². The second kappa shape index (κ2) is 13.3. The van der Waals surface area contributed by atoms with Crippen molar-refractivity contribution in [1.82, 2.24) is 10.6 Å². The molecule has 0 aliphatic carbocycles. The van der Waals surface area contributed by atoms with Gasteiger partial charge in [0.1, 0.15) is 6.04 Å². The Morgan fingerprint density at radius 1 is 0.964 bits per heavy atom. The number of nitrogens with two attached hydrogens (primary N) is 1. The maximum atomic E-state index is 12.3. The summed E-state index contributed by atoms with van der Waals surface area (Å²) in [5.41, 5.74) is 6.26. The van der Waals surface area contributed by atoms with Crippen molar-refractivity contribution in [2.45, 2.75) is 57.4 Å². The Hall–Kier alpha value is -2.90. The fraction of sp³-hybridized carbons (Fsp3) is 0.500. The molecule has 5 N–H and O–H groups in total. The van der Waals surface area contributed by atoms with E-state index in [9.17, 15) is 19.2 Å². The van der Waals surface area contributed by atoms with Gasteiger partial charge in [-0.25, -0.2) is 0 Å². The number of hydrogen-bond acceptors (Lipinski definition) is 4. The number of carboxylic acids is 1. The highest BCUT2D eigenvalue weighted by molar-refractivity contribution is 5.91. The zero-order valence-electron chi connectivity index (χ0n) is 16.0. The summed E-state index contributed by atoms with van der Waals surface area (Å²) in [6.07, 6.45) is 3.32. The van der Waals surface area contributed by atoms with Gasteiger partial charge in [0, 0.05) is 19.4 Å². The first-order valence-corrected chi connectivity index (χ1v) is 9.49. The molecule has 0 saturated carbocycles. The van der Waals surface area contributed by atoms with Crippen LogP contribution in [-0.4, -0.2) is 41.4 Å². The molecule has 154 valence electrons. The Labute approximate surface area is 164 Å². The summed E-state index contributed by atoms with van der Waals surface area (Å²) < 4.78 is 0. The molecule has 0 fully saturated rings. The topological polar surface area (TPSA) is 139 Å². The van der Waals surface area contributed by atoms with Crippen LogP contribution in [0.25, 0.3) is 0 Å². The normalized spacial score (nSPS) is 11.4. The Balaban J connectivity index is 2.35. The first-order valence-electron chi connectivity index (χ1n) is 9.49. The summed E-state index contributed by atoms with van der Waals surface area (Å²) in [5.74, 6) is -2.27. The Morgan fingerprint density at radius 2 is 1.61 bits per heavy atom. The molecule has 8 heteroatoms. The molecule has 0 radical (unpaired) electrons. The van der Waals surface area contributed by atoms with Crippen molar-refractivity contribution >= 4 is 23.7 Å². The lowest BCUT2D eigenvalue weighted by Gasteiger charge is -2.17. The number of rotatable bonds is 14. The lowest BCUT2D eigenvalue weighted by molar-refractivity contribution is -0.137. The molecule has 1 rings (SSSR count). The number of carboxylic acid groups (broad SMARTS) is 1. The predicted octanol–water partition coefficient (Wildman–Crippen LogP) is 1.13. The molecule has 0 aliphatic heterocycles. The van der Waals surface area contributed by atoms with Gasteiger partial charge in [0.25, 0.3) is 0 Å². The van der Waals surface area contributed by atoms with Crippen LogP contribution in [-0.2, 0) is 25.6 Å². The Morgan fingerprint density at radius 3 is 2.21 bits per heavy atom. The van der Waals surface area contributed by atoms with Crippen molar-refractivity contribution in [2.24, 2.45) is 5.73 Å². The quantitative estimate of drug-likeness (QED) is 0.352. The second-order valence-electron chi connectivity index (χ2n) is 6.63. The van der Waals surface area contributed by atoms with Crippen molar-refractivity contribution in [2.75, 3.05) is 6.54 Å². The third-order valence-electron chi connectivity index (χ3n) is 4.16. The number of carbonyl (C=O) groups is 4. The molecule has 0 aliphatic rings. The van der Waals surface area contributed by atoms with Gasteiger partial charge in [-0.05, 0) is 24.8 Å². The Bertz CT molecular complexity index is 649. The standard InChI is InChI=1S/C20H29N3O5/c21-17(24)14-16(20(28)22-13-12-15-8-4-3-5-9-15)23-18(25)10-6-1-2-7-11-19(26)27/h3-5,8-9,16H,1-2,6-7,10-14H2,(H2,21,24)(H,22,28)(H,23,25)(H,26,27)/t16-/m1/s1. The molecule has 0 saturated heterocycles. The van der Waals surface area contributed by atoms with Crippen LogP contribution in [0, 0.1) is 0 Å². The highest BCUT2D eigenvalue weighted by atomic mass is 16.4. The van der Waals surface area contributed by atoms with Crippen LogP contribution in [0.4, 0.5) is 0 Å². The maximum Gasteiger partial charge on any atom is 0.303 e. The van der Waals surface area contributed by atoms with E-state index in [1.54, 1.807) is 0 Å². The van der Waals surface area contributed by atoms with Crippen molar-refractivity contribution in [3.05, 3.63) is 35.9 Å². The molecular formula is C20H29N3O5.